The maximum absolute atomic E-state index is 5.57. The van der Waals surface area contributed by atoms with Gasteiger partial charge in [-0.05, 0) is 53.6 Å². The van der Waals surface area contributed by atoms with Gasteiger partial charge in [-0.1, -0.05) is 6.07 Å². The molecule has 1 aromatic carbocycles. The number of rotatable bonds is 6. The molecule has 14 heavy (non-hydrogen) atoms. The van der Waals surface area contributed by atoms with Crippen LogP contribution in [0.15, 0.2) is 24.3 Å². The summed E-state index contributed by atoms with van der Waals surface area (Å²) in [4.78, 5) is 0. The van der Waals surface area contributed by atoms with Crippen LogP contribution >= 0.6 is 22.6 Å². The lowest BCUT2D eigenvalue weighted by Crippen LogP contribution is -1.99. The normalized spacial score (nSPS) is 10.1. The Morgan fingerprint density at radius 3 is 2.71 bits per heavy atom. The van der Waals surface area contributed by atoms with Gasteiger partial charge in [-0.15, -0.1) is 0 Å². The van der Waals surface area contributed by atoms with Crippen LogP contribution in [0.1, 0.15) is 12.8 Å². The molecule has 78 valence electrons. The molecule has 0 spiro atoms. The van der Waals surface area contributed by atoms with Gasteiger partial charge in [0.1, 0.15) is 5.75 Å². The average molecular weight is 306 g/mol. The molecule has 0 aliphatic carbocycles. The molecule has 0 heterocycles. The first-order valence-corrected chi connectivity index (χ1v) is 5.78. The van der Waals surface area contributed by atoms with Crippen molar-refractivity contribution in [3.8, 4) is 5.75 Å². The molecule has 3 heteroatoms. The molecule has 0 aromatic heterocycles. The van der Waals surface area contributed by atoms with Gasteiger partial charge >= 0.3 is 0 Å². The Bertz CT molecular complexity index is 263. The van der Waals surface area contributed by atoms with Crippen LogP contribution in [0.5, 0.6) is 5.75 Å². The Labute approximate surface area is 98.7 Å². The maximum Gasteiger partial charge on any atom is 0.120 e. The summed E-state index contributed by atoms with van der Waals surface area (Å²) in [5, 5.41) is 0. The summed E-state index contributed by atoms with van der Waals surface area (Å²) in [6.07, 6.45) is 2.10. The third-order valence-electron chi connectivity index (χ3n) is 1.81. The lowest BCUT2D eigenvalue weighted by Gasteiger charge is -2.05. The fourth-order valence-corrected chi connectivity index (χ4v) is 1.61. The predicted molar refractivity (Wildman–Crippen MR) is 65.8 cm³/mol. The molecule has 0 atom stereocenters. The fraction of sp³-hybridized carbons (Fsp3) is 0.455. The number of unbranched alkanes of at least 4 members (excludes halogenated alkanes) is 1. The molecular formula is C11H15IO2. The average Bonchev–Trinajstić information content (AvgIpc) is 2.18. The van der Waals surface area contributed by atoms with E-state index in [-0.39, 0.29) is 0 Å². The van der Waals surface area contributed by atoms with Crippen molar-refractivity contribution in [1.29, 1.82) is 0 Å². The number of hydrogen-bond donors (Lipinski definition) is 0. The number of halogens is 1. The summed E-state index contributed by atoms with van der Waals surface area (Å²) in [6, 6.07) is 8.08. The van der Waals surface area contributed by atoms with Gasteiger partial charge < -0.3 is 9.47 Å². The Hall–Kier alpha value is -0.290. The highest BCUT2D eigenvalue weighted by Gasteiger charge is 1.94. The molecule has 0 radical (unpaired) electrons. The van der Waals surface area contributed by atoms with Gasteiger partial charge in [0.05, 0.1) is 6.61 Å². The van der Waals surface area contributed by atoms with E-state index < -0.39 is 0 Å². The van der Waals surface area contributed by atoms with Gasteiger partial charge in [0.25, 0.3) is 0 Å². The van der Waals surface area contributed by atoms with Crippen molar-refractivity contribution in [1.82, 2.24) is 0 Å². The van der Waals surface area contributed by atoms with Crippen molar-refractivity contribution in [2.24, 2.45) is 0 Å². The molecule has 0 fully saturated rings. The molecule has 0 unspecified atom stereocenters. The molecule has 0 aliphatic rings. The number of methoxy groups -OCH3 is 1. The minimum absolute atomic E-state index is 0.767. The third-order valence-corrected chi connectivity index (χ3v) is 2.48. The van der Waals surface area contributed by atoms with Crippen molar-refractivity contribution < 1.29 is 9.47 Å². The number of ether oxygens (including phenoxy) is 2. The Balaban J connectivity index is 2.18. The summed E-state index contributed by atoms with van der Waals surface area (Å²) in [5.41, 5.74) is 0. The van der Waals surface area contributed by atoms with Gasteiger partial charge in [-0.3, -0.25) is 0 Å². The molecule has 2 nitrogen and oxygen atoms in total. The zero-order valence-electron chi connectivity index (χ0n) is 8.33. The number of hydrogen-bond acceptors (Lipinski definition) is 2. The lowest BCUT2D eigenvalue weighted by atomic mass is 10.3. The van der Waals surface area contributed by atoms with Crippen molar-refractivity contribution in [3.05, 3.63) is 27.8 Å². The van der Waals surface area contributed by atoms with Crippen molar-refractivity contribution in [2.45, 2.75) is 12.8 Å². The smallest absolute Gasteiger partial charge is 0.120 e. The molecule has 0 saturated carbocycles. The van der Waals surface area contributed by atoms with E-state index in [1.165, 1.54) is 3.57 Å². The molecular weight excluding hydrogens is 291 g/mol. The zero-order chi connectivity index (χ0) is 10.2. The van der Waals surface area contributed by atoms with E-state index >= 15 is 0 Å². The second-order valence-electron chi connectivity index (χ2n) is 3.01. The quantitative estimate of drug-likeness (QED) is 0.594. The monoisotopic (exact) mass is 306 g/mol. The molecule has 0 saturated heterocycles. The first-order chi connectivity index (χ1) is 6.83. The highest BCUT2D eigenvalue weighted by Crippen LogP contribution is 2.14. The fourth-order valence-electron chi connectivity index (χ4n) is 1.10. The van der Waals surface area contributed by atoms with Crippen LogP contribution in [-0.4, -0.2) is 20.3 Å². The third kappa shape index (κ3) is 4.81. The van der Waals surface area contributed by atoms with Crippen LogP contribution < -0.4 is 4.74 Å². The Kier molecular flexibility index (Phi) is 5.94. The van der Waals surface area contributed by atoms with Crippen LogP contribution in [0.4, 0.5) is 0 Å². The van der Waals surface area contributed by atoms with Crippen LogP contribution in [0.2, 0.25) is 0 Å². The molecule has 1 rings (SSSR count). The highest BCUT2D eigenvalue weighted by molar-refractivity contribution is 14.1. The van der Waals surface area contributed by atoms with Gasteiger partial charge in [0.2, 0.25) is 0 Å². The van der Waals surface area contributed by atoms with Gasteiger partial charge in [-0.2, -0.15) is 0 Å². The molecule has 0 N–H and O–H groups in total. The molecule has 1 aromatic rings. The molecule has 0 amide bonds. The Morgan fingerprint density at radius 1 is 1.21 bits per heavy atom. The first-order valence-electron chi connectivity index (χ1n) is 4.70. The SMILES string of the molecule is COCCCCOc1cccc(I)c1. The maximum atomic E-state index is 5.57. The van der Waals surface area contributed by atoms with Crippen LogP contribution in [0, 0.1) is 3.57 Å². The molecule has 0 bridgehead atoms. The van der Waals surface area contributed by atoms with Crippen LogP contribution in [0.3, 0.4) is 0 Å². The van der Waals surface area contributed by atoms with Gasteiger partial charge in [-0.25, -0.2) is 0 Å². The highest BCUT2D eigenvalue weighted by atomic mass is 127. The second-order valence-corrected chi connectivity index (χ2v) is 4.25. The first kappa shape index (κ1) is 11.8. The topological polar surface area (TPSA) is 18.5 Å². The lowest BCUT2D eigenvalue weighted by molar-refractivity contribution is 0.184. The zero-order valence-corrected chi connectivity index (χ0v) is 10.5. The van der Waals surface area contributed by atoms with Crippen molar-refractivity contribution in [3.63, 3.8) is 0 Å². The predicted octanol–water partition coefficient (Wildman–Crippen LogP) is 3.10. The largest absolute Gasteiger partial charge is 0.494 e. The summed E-state index contributed by atoms with van der Waals surface area (Å²) in [5.74, 6) is 0.953. The summed E-state index contributed by atoms with van der Waals surface area (Å²) in [7, 11) is 1.72. The summed E-state index contributed by atoms with van der Waals surface area (Å²) in [6.45, 7) is 1.58. The number of benzene rings is 1. The minimum Gasteiger partial charge on any atom is -0.494 e. The van der Waals surface area contributed by atoms with E-state index in [0.717, 1.165) is 31.8 Å². The van der Waals surface area contributed by atoms with E-state index in [0.29, 0.717) is 0 Å². The van der Waals surface area contributed by atoms with Gasteiger partial charge in [0.15, 0.2) is 0 Å². The van der Waals surface area contributed by atoms with Crippen molar-refractivity contribution >= 4 is 22.6 Å². The van der Waals surface area contributed by atoms with E-state index in [2.05, 4.69) is 28.7 Å². The van der Waals surface area contributed by atoms with E-state index in [1.807, 2.05) is 18.2 Å². The standard InChI is InChI=1S/C11H15IO2/c1-13-7-2-3-8-14-11-6-4-5-10(12)9-11/h4-6,9H,2-3,7-8H2,1H3. The van der Waals surface area contributed by atoms with Crippen LogP contribution in [-0.2, 0) is 4.74 Å². The van der Waals surface area contributed by atoms with Crippen molar-refractivity contribution in [2.75, 3.05) is 20.3 Å². The van der Waals surface area contributed by atoms with E-state index in [4.69, 9.17) is 9.47 Å². The Morgan fingerprint density at radius 2 is 2.00 bits per heavy atom. The van der Waals surface area contributed by atoms with E-state index in [1.54, 1.807) is 7.11 Å². The van der Waals surface area contributed by atoms with Gasteiger partial charge in [0, 0.05) is 17.3 Å². The molecule has 0 aliphatic heterocycles. The van der Waals surface area contributed by atoms with Crippen LogP contribution in [0.25, 0.3) is 0 Å². The summed E-state index contributed by atoms with van der Waals surface area (Å²) >= 11 is 2.28. The van der Waals surface area contributed by atoms with E-state index in [9.17, 15) is 0 Å². The second kappa shape index (κ2) is 7.06. The minimum atomic E-state index is 0.767. The summed E-state index contributed by atoms with van der Waals surface area (Å²) < 4.78 is 11.7.